The molecule has 0 aromatic rings. The van der Waals surface area contributed by atoms with Crippen LogP contribution in [0.4, 0.5) is 0 Å². The zero-order valence-corrected chi connectivity index (χ0v) is 12.6. The number of carboxylic acid groups (broad SMARTS) is 2. The van der Waals surface area contributed by atoms with E-state index in [4.69, 9.17) is 10.2 Å². The fraction of sp³-hybridized carbons (Fsp3) is 0.333. The van der Waals surface area contributed by atoms with E-state index in [2.05, 4.69) is 9.47 Å². The Bertz CT molecular complexity index is 362. The standard InChI is InChI=1S/2C6H8O4.Mn/c2*1-2-10-6(9)4-3-5(7)8;/h2*3-4H,2H2,1H3,(H,7,8);/b2*4-3+;. The van der Waals surface area contributed by atoms with Crippen molar-refractivity contribution in [1.82, 2.24) is 0 Å². The van der Waals surface area contributed by atoms with Gasteiger partial charge in [0, 0.05) is 41.4 Å². The van der Waals surface area contributed by atoms with E-state index in [1.165, 1.54) is 0 Å². The molecule has 0 unspecified atom stereocenters. The summed E-state index contributed by atoms with van der Waals surface area (Å²) in [5.74, 6) is -3.59. The van der Waals surface area contributed by atoms with Crippen molar-refractivity contribution in [3.63, 3.8) is 0 Å². The Balaban J connectivity index is -0.000000295. The van der Waals surface area contributed by atoms with Crippen molar-refractivity contribution in [2.24, 2.45) is 0 Å². The second-order valence-electron chi connectivity index (χ2n) is 2.85. The summed E-state index contributed by atoms with van der Waals surface area (Å²) in [5.41, 5.74) is 0. The third-order valence-electron chi connectivity index (χ3n) is 1.30. The van der Waals surface area contributed by atoms with Crippen LogP contribution >= 0.6 is 0 Å². The van der Waals surface area contributed by atoms with Gasteiger partial charge in [0.1, 0.15) is 0 Å². The molecule has 0 aromatic heterocycles. The zero-order chi connectivity index (χ0) is 16.0. The van der Waals surface area contributed by atoms with Crippen LogP contribution in [-0.2, 0) is 45.7 Å². The molecule has 21 heavy (non-hydrogen) atoms. The van der Waals surface area contributed by atoms with Crippen molar-refractivity contribution >= 4 is 23.9 Å². The second kappa shape index (κ2) is 15.9. The summed E-state index contributed by atoms with van der Waals surface area (Å²) in [6.45, 7) is 3.80. The molecule has 0 fully saturated rings. The molecule has 0 aliphatic rings. The maximum atomic E-state index is 10.4. The van der Waals surface area contributed by atoms with Crippen molar-refractivity contribution in [3.8, 4) is 0 Å². The van der Waals surface area contributed by atoms with Crippen LogP contribution in [0.1, 0.15) is 13.8 Å². The summed E-state index contributed by atoms with van der Waals surface area (Å²) in [7, 11) is 0. The van der Waals surface area contributed by atoms with Gasteiger partial charge in [-0.05, 0) is 13.8 Å². The average molecular weight is 343 g/mol. The quantitative estimate of drug-likeness (QED) is 0.402. The Kier molecular flexibility index (Phi) is 18.2. The van der Waals surface area contributed by atoms with Crippen molar-refractivity contribution in [1.29, 1.82) is 0 Å². The summed E-state index contributed by atoms with van der Waals surface area (Å²) < 4.78 is 8.81. The first-order valence-electron chi connectivity index (χ1n) is 5.48. The minimum Gasteiger partial charge on any atom is -0.478 e. The Morgan fingerprint density at radius 2 is 1.05 bits per heavy atom. The number of carbonyl (C=O) groups excluding carboxylic acids is 2. The van der Waals surface area contributed by atoms with Gasteiger partial charge in [-0.3, -0.25) is 0 Å². The van der Waals surface area contributed by atoms with Crippen LogP contribution in [0.2, 0.25) is 0 Å². The smallest absolute Gasteiger partial charge is 0.330 e. The van der Waals surface area contributed by atoms with E-state index >= 15 is 0 Å². The van der Waals surface area contributed by atoms with E-state index in [9.17, 15) is 19.2 Å². The van der Waals surface area contributed by atoms with Gasteiger partial charge in [0.05, 0.1) is 13.2 Å². The van der Waals surface area contributed by atoms with Gasteiger partial charge in [-0.2, -0.15) is 0 Å². The van der Waals surface area contributed by atoms with Gasteiger partial charge in [-0.15, -0.1) is 0 Å². The number of hydrogen-bond donors (Lipinski definition) is 2. The average Bonchev–Trinajstić information content (AvgIpc) is 2.35. The molecule has 8 nitrogen and oxygen atoms in total. The van der Waals surface area contributed by atoms with E-state index in [0.717, 1.165) is 24.3 Å². The molecule has 0 atom stereocenters. The predicted octanol–water partition coefficient (Wildman–Crippen LogP) is 0.378. The van der Waals surface area contributed by atoms with E-state index in [0.29, 0.717) is 0 Å². The Labute approximate surface area is 131 Å². The molecule has 119 valence electrons. The summed E-state index contributed by atoms with van der Waals surface area (Å²) in [6, 6.07) is 0. The third-order valence-corrected chi connectivity index (χ3v) is 1.30. The van der Waals surface area contributed by atoms with Gasteiger partial charge in [-0.1, -0.05) is 0 Å². The van der Waals surface area contributed by atoms with Crippen molar-refractivity contribution in [2.45, 2.75) is 13.8 Å². The van der Waals surface area contributed by atoms with E-state index in [1.807, 2.05) is 0 Å². The second-order valence-corrected chi connectivity index (χ2v) is 2.85. The Morgan fingerprint density at radius 1 is 0.762 bits per heavy atom. The van der Waals surface area contributed by atoms with Gasteiger partial charge in [0.15, 0.2) is 0 Å². The van der Waals surface area contributed by atoms with Gasteiger partial charge in [0.2, 0.25) is 0 Å². The van der Waals surface area contributed by atoms with Crippen molar-refractivity contribution in [3.05, 3.63) is 24.3 Å². The molecular formula is C12H16MnO8. The van der Waals surface area contributed by atoms with Crippen LogP contribution < -0.4 is 0 Å². The molecule has 0 aromatic carbocycles. The zero-order valence-electron chi connectivity index (χ0n) is 11.4. The predicted molar refractivity (Wildman–Crippen MR) is 66.8 cm³/mol. The maximum Gasteiger partial charge on any atom is 0.330 e. The summed E-state index contributed by atoms with van der Waals surface area (Å²) >= 11 is 0. The number of aliphatic carboxylic acids is 2. The minimum atomic E-state index is -1.16. The van der Waals surface area contributed by atoms with Crippen LogP contribution in [0, 0.1) is 0 Å². The monoisotopic (exact) mass is 343 g/mol. The van der Waals surface area contributed by atoms with Gasteiger partial charge in [-0.25, -0.2) is 19.2 Å². The normalized spacial score (nSPS) is 9.24. The molecular weight excluding hydrogens is 327 g/mol. The molecule has 1 radical (unpaired) electrons. The number of rotatable bonds is 6. The molecule has 0 heterocycles. The number of carbonyl (C=O) groups is 4. The van der Waals surface area contributed by atoms with Crippen LogP contribution in [0.3, 0.4) is 0 Å². The molecule has 0 spiro atoms. The first-order chi connectivity index (χ1) is 9.33. The first kappa shape index (κ1) is 23.9. The van der Waals surface area contributed by atoms with Gasteiger partial charge < -0.3 is 19.7 Å². The van der Waals surface area contributed by atoms with Crippen LogP contribution in [0.25, 0.3) is 0 Å². The molecule has 0 bridgehead atoms. The van der Waals surface area contributed by atoms with Crippen molar-refractivity contribution < 1.29 is 55.9 Å². The topological polar surface area (TPSA) is 127 Å². The molecule has 0 amide bonds. The molecule has 0 aliphatic heterocycles. The number of esters is 2. The summed E-state index contributed by atoms with van der Waals surface area (Å²) in [4.78, 5) is 40.4. The number of ether oxygens (including phenoxy) is 2. The molecule has 0 aliphatic carbocycles. The fourth-order valence-electron chi connectivity index (χ4n) is 0.659. The molecule has 0 rings (SSSR count). The van der Waals surface area contributed by atoms with Crippen molar-refractivity contribution in [2.75, 3.05) is 13.2 Å². The third kappa shape index (κ3) is 23.4. The Morgan fingerprint density at radius 3 is 1.24 bits per heavy atom. The van der Waals surface area contributed by atoms with Crippen LogP contribution in [0.5, 0.6) is 0 Å². The molecule has 9 heteroatoms. The summed E-state index contributed by atoms with van der Waals surface area (Å²) in [6.07, 6.45) is 3.20. The van der Waals surface area contributed by atoms with E-state index in [-0.39, 0.29) is 30.3 Å². The fourth-order valence-corrected chi connectivity index (χ4v) is 0.659. The maximum absolute atomic E-state index is 10.4. The van der Waals surface area contributed by atoms with Gasteiger partial charge >= 0.3 is 23.9 Å². The largest absolute Gasteiger partial charge is 0.478 e. The van der Waals surface area contributed by atoms with E-state index in [1.54, 1.807) is 13.8 Å². The van der Waals surface area contributed by atoms with Gasteiger partial charge in [0.25, 0.3) is 0 Å². The molecule has 2 N–H and O–H groups in total. The number of hydrogen-bond acceptors (Lipinski definition) is 6. The summed E-state index contributed by atoms with van der Waals surface area (Å²) in [5, 5.41) is 16.1. The van der Waals surface area contributed by atoms with E-state index < -0.39 is 23.9 Å². The minimum absolute atomic E-state index is 0. The SMILES string of the molecule is CCOC(=O)/C=C/C(=O)O.CCOC(=O)/C=C/C(=O)O.[Mn]. The first-order valence-corrected chi connectivity index (χ1v) is 5.48. The number of carboxylic acids is 2. The Hall–Kier alpha value is -2.12. The van der Waals surface area contributed by atoms with Crippen LogP contribution in [0.15, 0.2) is 24.3 Å². The molecule has 0 saturated heterocycles. The van der Waals surface area contributed by atoms with Crippen LogP contribution in [-0.4, -0.2) is 47.3 Å². The molecule has 0 saturated carbocycles.